The summed E-state index contributed by atoms with van der Waals surface area (Å²) in [5, 5.41) is 8.74. The molecular weight excluding hydrogens is 384 g/mol. The zero-order valence-electron chi connectivity index (χ0n) is 15.1. The number of aryl methyl sites for hydroxylation is 2. The first kappa shape index (κ1) is 17.9. The second kappa shape index (κ2) is 6.90. The Morgan fingerprint density at radius 2 is 2.15 bits per heavy atom. The van der Waals surface area contributed by atoms with E-state index in [0.717, 1.165) is 15.8 Å². The Morgan fingerprint density at radius 1 is 1.33 bits per heavy atom. The van der Waals surface area contributed by atoms with E-state index in [9.17, 15) is 9.59 Å². The van der Waals surface area contributed by atoms with Gasteiger partial charge in [0.1, 0.15) is 27.5 Å². The first-order valence-electron chi connectivity index (χ1n) is 8.45. The smallest absolute Gasteiger partial charge is 0.340 e. The molecule has 27 heavy (non-hydrogen) atoms. The van der Waals surface area contributed by atoms with E-state index < -0.39 is 12.0 Å². The summed E-state index contributed by atoms with van der Waals surface area (Å²) in [6.07, 6.45) is 0.630. The highest BCUT2D eigenvalue weighted by Gasteiger charge is 2.36. The number of carbonyl (C=O) groups excluding carboxylic acids is 2. The fourth-order valence-corrected chi connectivity index (χ4v) is 5.14. The van der Waals surface area contributed by atoms with Gasteiger partial charge in [-0.05, 0) is 42.7 Å². The topological polar surface area (TPSA) is 84.4 Å². The molecule has 0 spiro atoms. The van der Waals surface area contributed by atoms with Gasteiger partial charge in [0, 0.05) is 6.54 Å². The number of hydrogen-bond acceptors (Lipinski definition) is 8. The molecule has 1 aliphatic rings. The van der Waals surface area contributed by atoms with Crippen LogP contribution in [0.5, 0.6) is 0 Å². The number of fused-ring (bicyclic) bond motifs is 1. The highest BCUT2D eigenvalue weighted by atomic mass is 32.1. The molecule has 1 saturated heterocycles. The number of rotatable bonds is 4. The number of esters is 1. The van der Waals surface area contributed by atoms with Crippen molar-refractivity contribution < 1.29 is 14.3 Å². The Morgan fingerprint density at radius 3 is 2.93 bits per heavy atom. The number of methoxy groups -OCH3 is 1. The van der Waals surface area contributed by atoms with Gasteiger partial charge in [0.25, 0.3) is 0 Å². The summed E-state index contributed by atoms with van der Waals surface area (Å²) in [6.45, 7) is 4.40. The van der Waals surface area contributed by atoms with E-state index in [1.165, 1.54) is 18.4 Å². The van der Waals surface area contributed by atoms with Crippen LogP contribution < -0.4 is 10.2 Å². The first-order valence-corrected chi connectivity index (χ1v) is 10.2. The molecule has 1 atom stereocenters. The summed E-state index contributed by atoms with van der Waals surface area (Å²) in [6, 6.07) is 1.29. The van der Waals surface area contributed by atoms with E-state index in [4.69, 9.17) is 4.74 Å². The lowest BCUT2D eigenvalue weighted by atomic mass is 10.2. The minimum atomic E-state index is -0.433. The minimum absolute atomic E-state index is 0.0695. The summed E-state index contributed by atoms with van der Waals surface area (Å²) < 4.78 is 4.82. The van der Waals surface area contributed by atoms with Crippen LogP contribution in [0.25, 0.3) is 10.2 Å². The maximum Gasteiger partial charge on any atom is 0.340 e. The Labute approximate surface area is 164 Å². The Hall–Kier alpha value is -2.52. The van der Waals surface area contributed by atoms with Crippen molar-refractivity contribution in [1.29, 1.82) is 0 Å². The number of carbonyl (C=O) groups is 2. The normalized spacial score (nSPS) is 16.9. The van der Waals surface area contributed by atoms with E-state index >= 15 is 0 Å². The van der Waals surface area contributed by atoms with Gasteiger partial charge in [-0.2, -0.15) is 0 Å². The number of amides is 1. The summed E-state index contributed by atoms with van der Waals surface area (Å²) in [4.78, 5) is 36.5. The molecule has 0 bridgehead atoms. The lowest BCUT2D eigenvalue weighted by Gasteiger charge is -2.17. The van der Waals surface area contributed by atoms with Crippen LogP contribution in [0.3, 0.4) is 0 Å². The maximum atomic E-state index is 13.0. The van der Waals surface area contributed by atoms with Crippen molar-refractivity contribution in [3.8, 4) is 0 Å². The third kappa shape index (κ3) is 3.06. The minimum Gasteiger partial charge on any atom is -0.465 e. The van der Waals surface area contributed by atoms with Gasteiger partial charge in [0.05, 0.1) is 18.1 Å². The van der Waals surface area contributed by atoms with Crippen LogP contribution in [-0.2, 0) is 9.53 Å². The second-order valence-electron chi connectivity index (χ2n) is 6.32. The van der Waals surface area contributed by atoms with Gasteiger partial charge in [-0.3, -0.25) is 4.79 Å². The molecule has 7 nitrogen and oxygen atoms in total. The number of anilines is 2. The van der Waals surface area contributed by atoms with Crippen molar-refractivity contribution in [2.45, 2.75) is 26.3 Å². The lowest BCUT2D eigenvalue weighted by Crippen LogP contribution is -2.34. The van der Waals surface area contributed by atoms with Crippen LogP contribution in [-0.4, -0.2) is 41.5 Å². The van der Waals surface area contributed by atoms with Gasteiger partial charge in [-0.25, -0.2) is 14.8 Å². The zero-order chi connectivity index (χ0) is 19.1. The van der Waals surface area contributed by atoms with E-state index in [-0.39, 0.29) is 5.91 Å². The fourth-order valence-electron chi connectivity index (χ4n) is 3.25. The first-order chi connectivity index (χ1) is 13.0. The molecule has 3 aromatic heterocycles. The van der Waals surface area contributed by atoms with Crippen molar-refractivity contribution in [3.63, 3.8) is 0 Å². The molecular formula is C18H18N4O3S2. The van der Waals surface area contributed by atoms with Gasteiger partial charge in [0.15, 0.2) is 0 Å². The Balaban J connectivity index is 1.62. The average molecular weight is 403 g/mol. The quantitative estimate of drug-likeness (QED) is 0.674. The van der Waals surface area contributed by atoms with Crippen molar-refractivity contribution in [3.05, 3.63) is 33.8 Å². The van der Waals surface area contributed by atoms with E-state index in [1.807, 2.05) is 19.2 Å². The predicted octanol–water partition coefficient (Wildman–Crippen LogP) is 3.37. The van der Waals surface area contributed by atoms with Crippen molar-refractivity contribution in [2.24, 2.45) is 0 Å². The third-order valence-corrected chi connectivity index (χ3v) is 6.47. The van der Waals surface area contributed by atoms with Crippen LogP contribution in [0.15, 0.2) is 16.8 Å². The van der Waals surface area contributed by atoms with Gasteiger partial charge in [0.2, 0.25) is 5.91 Å². The number of hydrogen-bond donors (Lipinski definition) is 1. The van der Waals surface area contributed by atoms with Crippen molar-refractivity contribution in [2.75, 3.05) is 23.9 Å². The lowest BCUT2D eigenvalue weighted by molar-refractivity contribution is -0.117. The number of thiophene rings is 2. The second-order valence-corrected chi connectivity index (χ2v) is 8.08. The zero-order valence-corrected chi connectivity index (χ0v) is 16.7. The molecule has 1 unspecified atom stereocenters. The molecule has 3 aromatic rings. The molecule has 0 aromatic carbocycles. The molecule has 4 rings (SSSR count). The van der Waals surface area contributed by atoms with Crippen molar-refractivity contribution >= 4 is 55.6 Å². The van der Waals surface area contributed by atoms with E-state index in [0.29, 0.717) is 35.2 Å². The fraction of sp³-hybridized carbons (Fsp3) is 0.333. The number of ether oxygens (including phenoxy) is 1. The van der Waals surface area contributed by atoms with Crippen LogP contribution >= 0.6 is 22.7 Å². The summed E-state index contributed by atoms with van der Waals surface area (Å²) in [5.41, 5.74) is 1.51. The van der Waals surface area contributed by atoms with E-state index in [2.05, 4.69) is 15.3 Å². The molecule has 1 fully saturated rings. The molecule has 0 aliphatic carbocycles. The van der Waals surface area contributed by atoms with Gasteiger partial charge < -0.3 is 15.0 Å². The molecule has 4 heterocycles. The van der Waals surface area contributed by atoms with Gasteiger partial charge in [-0.15, -0.1) is 22.7 Å². The predicted molar refractivity (Wildman–Crippen MR) is 107 cm³/mol. The molecule has 1 N–H and O–H groups in total. The van der Waals surface area contributed by atoms with Crippen molar-refractivity contribution in [1.82, 2.24) is 9.97 Å². The molecule has 9 heteroatoms. The number of nitrogens with zero attached hydrogens (tertiary/aromatic N) is 3. The maximum absolute atomic E-state index is 13.0. The third-order valence-electron chi connectivity index (χ3n) is 4.54. The largest absolute Gasteiger partial charge is 0.465 e. The standard InChI is InChI=1S/C18H18N4O3S2/c1-9-8-27-15-13(9)14(19-10(2)20-15)21-12-4-6-22(16(12)23)17-11(5-7-26-17)18(24)25-3/h5,7-8,12H,4,6H2,1-3H3,(H,19,20,21). The van der Waals surface area contributed by atoms with Crippen LogP contribution in [0.2, 0.25) is 0 Å². The van der Waals surface area contributed by atoms with E-state index in [1.54, 1.807) is 27.7 Å². The molecule has 140 valence electrons. The van der Waals surface area contributed by atoms with Crippen LogP contribution in [0, 0.1) is 13.8 Å². The molecule has 0 radical (unpaired) electrons. The number of nitrogens with one attached hydrogen (secondary N) is 1. The highest BCUT2D eigenvalue weighted by Crippen LogP contribution is 2.34. The molecule has 1 amide bonds. The highest BCUT2D eigenvalue weighted by molar-refractivity contribution is 7.17. The summed E-state index contributed by atoms with van der Waals surface area (Å²) in [7, 11) is 1.34. The monoisotopic (exact) mass is 402 g/mol. The van der Waals surface area contributed by atoms with Crippen LogP contribution in [0.4, 0.5) is 10.8 Å². The summed E-state index contributed by atoms with van der Waals surface area (Å²) in [5.74, 6) is 0.855. The SMILES string of the molecule is COC(=O)c1ccsc1N1CCC(Nc2nc(C)nc3scc(C)c23)C1=O. The molecule has 1 aliphatic heterocycles. The Bertz CT molecular complexity index is 1040. The van der Waals surface area contributed by atoms with Gasteiger partial charge in [-0.1, -0.05) is 0 Å². The average Bonchev–Trinajstić information content (AvgIpc) is 3.34. The van der Waals surface area contributed by atoms with Crippen LogP contribution in [0.1, 0.15) is 28.2 Å². The van der Waals surface area contributed by atoms with Gasteiger partial charge >= 0.3 is 5.97 Å². The Kier molecular flexibility index (Phi) is 4.56. The molecule has 0 saturated carbocycles. The number of aromatic nitrogens is 2. The summed E-state index contributed by atoms with van der Waals surface area (Å²) >= 11 is 2.93.